The summed E-state index contributed by atoms with van der Waals surface area (Å²) < 4.78 is -0.144. The highest BCUT2D eigenvalue weighted by molar-refractivity contribution is 5.92. The first-order valence-electron chi connectivity index (χ1n) is 25.8. The Balaban J connectivity index is 2.18. The molecule has 0 amide bonds. The summed E-state index contributed by atoms with van der Waals surface area (Å²) in [5.41, 5.74) is -15.6. The topological polar surface area (TPSA) is 239 Å². The second kappa shape index (κ2) is 19.4. The first-order valence-corrected chi connectivity index (χ1v) is 25.8. The fourth-order valence-electron chi connectivity index (χ4n) is 9.83. The molecule has 0 fully saturated rings. The van der Waals surface area contributed by atoms with Crippen molar-refractivity contribution >= 4 is 17.3 Å². The first-order chi connectivity index (χ1) is 33.3. The van der Waals surface area contributed by atoms with Crippen LogP contribution in [0, 0.1) is 0 Å². The van der Waals surface area contributed by atoms with Gasteiger partial charge in [-0.2, -0.15) is 0 Å². The molecule has 6 unspecified atom stereocenters. The molecule has 6 N–H and O–H groups in total. The fraction of sp³-hybridized carbons (Fsp3) is 0.600. The minimum Gasteiger partial charge on any atom is -0.507 e. The Kier molecular flexibility index (Phi) is 16.0. The molecule has 75 heavy (non-hydrogen) atoms. The summed E-state index contributed by atoms with van der Waals surface area (Å²) >= 11 is 0. The van der Waals surface area contributed by atoms with Gasteiger partial charge >= 0.3 is 17.1 Å². The molecule has 0 bridgehead atoms. The van der Waals surface area contributed by atoms with Gasteiger partial charge in [0.2, 0.25) is 17.2 Å². The van der Waals surface area contributed by atoms with Gasteiger partial charge < -0.3 is 30.6 Å². The summed E-state index contributed by atoms with van der Waals surface area (Å²) in [7, 11) is 0. The van der Waals surface area contributed by atoms with E-state index in [0.29, 0.717) is 33.4 Å². The van der Waals surface area contributed by atoms with E-state index in [4.69, 9.17) is 0 Å². The van der Waals surface area contributed by atoms with Gasteiger partial charge in [0.05, 0.1) is 0 Å². The van der Waals surface area contributed by atoms with Gasteiger partial charge in [-0.25, -0.2) is 28.1 Å². The van der Waals surface area contributed by atoms with Crippen LogP contribution in [0.1, 0.15) is 234 Å². The minimum atomic E-state index is -3.25. The smallest absolute Gasteiger partial charge is 0.341 e. The van der Waals surface area contributed by atoms with Gasteiger partial charge in [-0.05, 0) is 103 Å². The summed E-state index contributed by atoms with van der Waals surface area (Å²) in [6.45, 7) is 40.1. The van der Waals surface area contributed by atoms with Crippen molar-refractivity contribution in [3.05, 3.63) is 118 Å². The molecule has 15 nitrogen and oxygen atoms in total. The number of hydrogen-bond donors (Lipinski definition) is 6. The van der Waals surface area contributed by atoms with Gasteiger partial charge in [0.15, 0.2) is 17.3 Å². The predicted octanol–water partition coefficient (Wildman–Crippen LogP) is 9.19. The number of phenolic OH excluding ortho intramolecular Hbond substituents is 3. The molecule has 4 aromatic rings. The largest absolute Gasteiger partial charge is 0.507 e. The molecule has 0 saturated carbocycles. The Morgan fingerprint density at radius 2 is 0.467 bits per heavy atom. The van der Waals surface area contributed by atoms with E-state index in [1.807, 2.05) is 125 Å². The molecule has 0 aliphatic carbocycles. The van der Waals surface area contributed by atoms with Gasteiger partial charge in [-0.3, -0.25) is 14.4 Å². The highest BCUT2D eigenvalue weighted by Crippen LogP contribution is 2.45. The monoisotopic (exact) mass is 1040 g/mol. The number of rotatable bonds is 12. The van der Waals surface area contributed by atoms with E-state index in [9.17, 15) is 30.6 Å². The number of aromatic hydroxyl groups is 3. The van der Waals surface area contributed by atoms with Gasteiger partial charge in [-0.1, -0.05) is 182 Å². The van der Waals surface area contributed by atoms with Crippen LogP contribution in [0.25, 0.3) is 0 Å². The first kappa shape index (κ1) is 61.9. The zero-order chi connectivity index (χ0) is 58.6. The third-order valence-corrected chi connectivity index (χ3v) is 14.8. The predicted molar refractivity (Wildman–Crippen MR) is 294 cm³/mol. The molecule has 1 heterocycles. The van der Waals surface area contributed by atoms with Crippen molar-refractivity contribution in [2.24, 2.45) is 0 Å². The highest BCUT2D eigenvalue weighted by Gasteiger charge is 2.49. The Morgan fingerprint density at radius 3 is 0.587 bits per heavy atom. The Bertz CT molecular complexity index is 2650. The Morgan fingerprint density at radius 1 is 0.333 bits per heavy atom. The molecule has 0 aliphatic rings. The molecule has 0 spiro atoms. The van der Waals surface area contributed by atoms with Crippen LogP contribution in [0.4, 0.5) is 0 Å². The number of aromatic nitrogens is 3. The van der Waals surface area contributed by atoms with Crippen molar-refractivity contribution in [3.8, 4) is 17.2 Å². The number of benzene rings is 3. The molecule has 0 saturated heterocycles. The van der Waals surface area contributed by atoms with Gasteiger partial charge in [0, 0.05) is 17.8 Å². The van der Waals surface area contributed by atoms with Gasteiger partial charge in [-0.15, -0.1) is 0 Å². The fourth-order valence-corrected chi connectivity index (χ4v) is 9.83. The number of ketones is 3. The van der Waals surface area contributed by atoms with Crippen molar-refractivity contribution < 1.29 is 45.0 Å². The minimum absolute atomic E-state index is 0.00766. The number of carbonyl (C=O) groups is 3. The van der Waals surface area contributed by atoms with Crippen LogP contribution >= 0.6 is 0 Å². The highest BCUT2D eigenvalue weighted by atomic mass is 16.3. The standard InChI is InChI=1S/C60H87N3O12/c1-31(34-25-37(52(4,5)6)43(64)38(26-34)53(7,8)9)46(67)58(22,73)61-49(70)62(59(23,74)47(68)32(2)35-27-39(54(10,11)12)44(65)40(28-35)55(13,14)15)51(72)63(50(61)71)60(24,75)48(69)33(3)36-29-41(56(16,17)18)45(66)42(30-36)57(19,20)21/h25-33,64-66,73-75H,1-24H3. The number of Topliss-reactive ketones (excluding diaryl/α,β-unsaturated/α-hetero) is 3. The van der Waals surface area contributed by atoms with Crippen molar-refractivity contribution in [2.75, 3.05) is 0 Å². The number of phenols is 3. The molecule has 0 radical (unpaired) electrons. The summed E-state index contributed by atoms with van der Waals surface area (Å²) in [6.07, 6.45) is 0. The molecule has 3 aromatic carbocycles. The zero-order valence-corrected chi connectivity index (χ0v) is 49.2. The van der Waals surface area contributed by atoms with Crippen LogP contribution in [0.2, 0.25) is 0 Å². The molecule has 4 rings (SSSR count). The SMILES string of the molecule is CC(C(=O)C(C)(O)n1c(=O)n(C(C)(O)C(=O)C(C)c2cc(C(C)(C)C)c(O)c(C(C)(C)C)c2)c(=O)n(C(C)(O)C(=O)C(C)c2cc(C(C)(C)C)c(O)c(C(C)(C)C)c2)c1=O)c1cc(C(C)(C)C)c(O)c(C(C)(C)C)c1. The lowest BCUT2D eigenvalue weighted by molar-refractivity contribution is -0.156. The summed E-state index contributed by atoms with van der Waals surface area (Å²) in [6, 6.07) is 9.50. The number of carbonyl (C=O) groups excluding carboxylic acids is 3. The molecule has 15 heteroatoms. The third-order valence-electron chi connectivity index (χ3n) is 14.8. The lowest BCUT2D eigenvalue weighted by Gasteiger charge is -2.35. The van der Waals surface area contributed by atoms with Crippen LogP contribution in [0.5, 0.6) is 17.2 Å². The van der Waals surface area contributed by atoms with Crippen LogP contribution in [0.15, 0.2) is 50.8 Å². The van der Waals surface area contributed by atoms with Gasteiger partial charge in [0.1, 0.15) is 17.2 Å². The summed E-state index contributed by atoms with van der Waals surface area (Å²) in [4.78, 5) is 90.7. The number of nitrogens with zero attached hydrogens (tertiary/aromatic N) is 3. The number of hydrogen-bond acceptors (Lipinski definition) is 12. The molecule has 414 valence electrons. The molecular formula is C60H87N3O12. The van der Waals surface area contributed by atoms with Crippen molar-refractivity contribution in [2.45, 2.75) is 234 Å². The second-order valence-corrected chi connectivity index (χ2v) is 27.6. The normalized spacial score (nSPS) is 16.8. The van der Waals surface area contributed by atoms with E-state index < -0.39 is 102 Å². The van der Waals surface area contributed by atoms with Gasteiger partial charge in [0.25, 0.3) is 0 Å². The molecule has 1 aromatic heterocycles. The van der Waals surface area contributed by atoms with Crippen LogP contribution in [-0.2, 0) is 64.0 Å². The average molecular weight is 1040 g/mol. The maximum atomic E-state index is 15.2. The van der Waals surface area contributed by atoms with E-state index in [1.165, 1.54) is 20.8 Å². The van der Waals surface area contributed by atoms with E-state index >= 15 is 28.8 Å². The second-order valence-electron chi connectivity index (χ2n) is 27.6. The van der Waals surface area contributed by atoms with E-state index in [1.54, 1.807) is 36.4 Å². The van der Waals surface area contributed by atoms with E-state index in [0.717, 1.165) is 20.8 Å². The molecule has 6 atom stereocenters. The Labute approximate surface area is 443 Å². The van der Waals surface area contributed by atoms with E-state index in [2.05, 4.69) is 0 Å². The quantitative estimate of drug-likeness (QED) is 0.0779. The van der Waals surface area contributed by atoms with Crippen molar-refractivity contribution in [1.29, 1.82) is 0 Å². The van der Waals surface area contributed by atoms with Crippen molar-refractivity contribution in [3.63, 3.8) is 0 Å². The average Bonchev–Trinajstić information content (AvgIpc) is 3.22. The van der Waals surface area contributed by atoms with Crippen LogP contribution < -0.4 is 17.1 Å². The lowest BCUT2D eigenvalue weighted by atomic mass is 9.76. The maximum Gasteiger partial charge on any atom is 0.341 e. The lowest BCUT2D eigenvalue weighted by Crippen LogP contribution is -2.69. The van der Waals surface area contributed by atoms with Crippen molar-refractivity contribution in [1.82, 2.24) is 13.7 Å². The number of aliphatic hydroxyl groups is 3. The van der Waals surface area contributed by atoms with Crippen LogP contribution in [0.3, 0.4) is 0 Å². The summed E-state index contributed by atoms with van der Waals surface area (Å²) in [5, 5.41) is 72.4. The molecule has 0 aliphatic heterocycles. The van der Waals surface area contributed by atoms with E-state index in [-0.39, 0.29) is 47.6 Å². The molecular weight excluding hydrogens is 955 g/mol. The van der Waals surface area contributed by atoms with Crippen LogP contribution in [-0.4, -0.2) is 61.7 Å². The third kappa shape index (κ3) is 11.4. The summed E-state index contributed by atoms with van der Waals surface area (Å²) in [5.74, 6) is -7.68. The Hall–Kier alpha value is -5.64. The zero-order valence-electron chi connectivity index (χ0n) is 49.2. The maximum absolute atomic E-state index is 15.2.